The lowest BCUT2D eigenvalue weighted by Crippen LogP contribution is -2.13. The molecular formula is C9H11F2N3O2. The van der Waals surface area contributed by atoms with E-state index in [0.29, 0.717) is 18.0 Å². The van der Waals surface area contributed by atoms with Gasteiger partial charge in [0.15, 0.2) is 5.69 Å². The van der Waals surface area contributed by atoms with Crippen molar-refractivity contribution in [2.75, 3.05) is 0 Å². The van der Waals surface area contributed by atoms with Gasteiger partial charge >= 0.3 is 5.97 Å². The maximum atomic E-state index is 12.2. The van der Waals surface area contributed by atoms with Crippen molar-refractivity contribution in [3.8, 4) is 0 Å². The molecule has 0 aromatic carbocycles. The summed E-state index contributed by atoms with van der Waals surface area (Å²) in [6, 6.07) is 0. The van der Waals surface area contributed by atoms with Crippen LogP contribution in [0.5, 0.6) is 0 Å². The van der Waals surface area contributed by atoms with Gasteiger partial charge in [-0.05, 0) is 25.2 Å². The van der Waals surface area contributed by atoms with Gasteiger partial charge in [-0.15, -0.1) is 5.10 Å². The van der Waals surface area contributed by atoms with Crippen molar-refractivity contribution in [3.05, 3.63) is 11.4 Å². The van der Waals surface area contributed by atoms with Gasteiger partial charge < -0.3 is 5.11 Å². The van der Waals surface area contributed by atoms with E-state index in [0.717, 1.165) is 17.5 Å². The topological polar surface area (TPSA) is 68.0 Å². The summed E-state index contributed by atoms with van der Waals surface area (Å²) in [5.41, 5.74) is 0.114. The van der Waals surface area contributed by atoms with Crippen LogP contribution in [0.2, 0.25) is 0 Å². The minimum absolute atomic E-state index is 0.201. The molecule has 0 atom stereocenters. The lowest BCUT2D eigenvalue weighted by molar-refractivity contribution is 0.0688. The number of rotatable bonds is 5. The Bertz CT molecular complexity index is 401. The zero-order valence-electron chi connectivity index (χ0n) is 8.44. The van der Waals surface area contributed by atoms with E-state index >= 15 is 0 Å². The van der Waals surface area contributed by atoms with Gasteiger partial charge in [0.25, 0.3) is 6.43 Å². The van der Waals surface area contributed by atoms with E-state index in [2.05, 4.69) is 10.3 Å². The van der Waals surface area contributed by atoms with Crippen molar-refractivity contribution in [2.45, 2.75) is 32.2 Å². The van der Waals surface area contributed by atoms with Gasteiger partial charge in [0.05, 0.1) is 5.69 Å². The molecule has 0 aliphatic heterocycles. The number of carboxylic acid groups (broad SMARTS) is 1. The average molecular weight is 231 g/mol. The highest BCUT2D eigenvalue weighted by molar-refractivity contribution is 5.86. The normalized spacial score (nSPS) is 15.7. The Hall–Kier alpha value is -1.53. The van der Waals surface area contributed by atoms with Crippen molar-refractivity contribution in [3.63, 3.8) is 0 Å². The highest BCUT2D eigenvalue weighted by Gasteiger charge is 2.28. The molecule has 0 unspecified atom stereocenters. The van der Waals surface area contributed by atoms with Gasteiger partial charge in [-0.1, -0.05) is 5.21 Å². The zero-order chi connectivity index (χ0) is 11.7. The number of nitrogens with zero attached hydrogens (tertiary/aromatic N) is 3. The first-order valence-electron chi connectivity index (χ1n) is 5.01. The van der Waals surface area contributed by atoms with Crippen LogP contribution in [0.15, 0.2) is 0 Å². The average Bonchev–Trinajstić information content (AvgIpc) is 2.89. The molecule has 0 saturated heterocycles. The summed E-state index contributed by atoms with van der Waals surface area (Å²) in [6.07, 6.45) is -0.0552. The number of carbonyl (C=O) groups is 1. The van der Waals surface area contributed by atoms with Crippen LogP contribution in [0.1, 0.15) is 29.0 Å². The lowest BCUT2D eigenvalue weighted by Gasteiger charge is -2.05. The second-order valence-corrected chi connectivity index (χ2v) is 3.91. The molecule has 1 aromatic heterocycles. The van der Waals surface area contributed by atoms with Gasteiger partial charge in [0.2, 0.25) is 0 Å². The third-order valence-corrected chi connectivity index (χ3v) is 2.53. The first-order chi connectivity index (χ1) is 7.58. The van der Waals surface area contributed by atoms with Crippen molar-refractivity contribution >= 4 is 5.97 Å². The molecule has 0 radical (unpaired) electrons. The Morgan fingerprint density at radius 1 is 1.56 bits per heavy atom. The van der Waals surface area contributed by atoms with Gasteiger partial charge in [-0.2, -0.15) is 0 Å². The van der Waals surface area contributed by atoms with Crippen molar-refractivity contribution < 1.29 is 18.7 Å². The smallest absolute Gasteiger partial charge is 0.358 e. The SMILES string of the molecule is O=C(O)c1nnn(CC(F)F)c1CC1CC1. The quantitative estimate of drug-likeness (QED) is 0.826. The molecule has 1 aliphatic carbocycles. The van der Waals surface area contributed by atoms with E-state index < -0.39 is 18.9 Å². The van der Waals surface area contributed by atoms with E-state index in [1.165, 1.54) is 0 Å². The summed E-state index contributed by atoms with van der Waals surface area (Å²) in [6.45, 7) is -0.595. The molecule has 5 nitrogen and oxygen atoms in total. The Morgan fingerprint density at radius 2 is 2.25 bits per heavy atom. The Kier molecular flexibility index (Phi) is 2.84. The first-order valence-corrected chi connectivity index (χ1v) is 5.01. The second-order valence-electron chi connectivity index (χ2n) is 3.91. The summed E-state index contributed by atoms with van der Waals surface area (Å²) in [5, 5.41) is 15.7. The lowest BCUT2D eigenvalue weighted by atomic mass is 10.2. The third-order valence-electron chi connectivity index (χ3n) is 2.53. The van der Waals surface area contributed by atoms with E-state index in [1.807, 2.05) is 0 Å². The first kappa shape index (κ1) is 11.0. The Labute approximate surface area is 90.1 Å². The van der Waals surface area contributed by atoms with Gasteiger partial charge in [0.1, 0.15) is 6.54 Å². The molecule has 16 heavy (non-hydrogen) atoms. The summed E-state index contributed by atoms with van der Waals surface area (Å²) < 4.78 is 25.5. The van der Waals surface area contributed by atoms with Crippen molar-refractivity contribution in [1.29, 1.82) is 0 Å². The largest absolute Gasteiger partial charge is 0.476 e. The highest BCUT2D eigenvalue weighted by atomic mass is 19.3. The third kappa shape index (κ3) is 2.34. The predicted molar refractivity (Wildman–Crippen MR) is 49.4 cm³/mol. The van der Waals surface area contributed by atoms with E-state index in [1.54, 1.807) is 0 Å². The van der Waals surface area contributed by atoms with Gasteiger partial charge in [0, 0.05) is 0 Å². The van der Waals surface area contributed by atoms with Crippen molar-refractivity contribution in [2.24, 2.45) is 5.92 Å². The van der Waals surface area contributed by atoms with Crippen LogP contribution in [-0.4, -0.2) is 32.5 Å². The van der Waals surface area contributed by atoms with Gasteiger partial charge in [-0.3, -0.25) is 0 Å². The molecule has 1 heterocycles. The van der Waals surface area contributed by atoms with Crippen LogP contribution >= 0.6 is 0 Å². The molecule has 1 aromatic rings. The summed E-state index contributed by atoms with van der Waals surface area (Å²) in [5.74, 6) is -0.816. The predicted octanol–water partition coefficient (Wildman–Crippen LogP) is 1.19. The van der Waals surface area contributed by atoms with Crippen LogP contribution in [-0.2, 0) is 13.0 Å². The molecule has 0 bridgehead atoms. The standard InChI is InChI=1S/C9H11F2N3O2/c10-7(11)4-14-6(3-5-1-2-5)8(9(15)16)12-13-14/h5,7H,1-4H2,(H,15,16). The number of aromatic nitrogens is 3. The number of aromatic carboxylic acids is 1. The number of carboxylic acids is 1. The molecule has 1 N–H and O–H groups in total. The van der Waals surface area contributed by atoms with Crippen LogP contribution in [0.4, 0.5) is 8.78 Å². The van der Waals surface area contributed by atoms with Crippen LogP contribution < -0.4 is 0 Å². The number of hydrogen-bond acceptors (Lipinski definition) is 3. The molecular weight excluding hydrogens is 220 g/mol. The van der Waals surface area contributed by atoms with Crippen molar-refractivity contribution in [1.82, 2.24) is 15.0 Å². The zero-order valence-corrected chi connectivity index (χ0v) is 8.44. The second kappa shape index (κ2) is 4.15. The Morgan fingerprint density at radius 3 is 2.75 bits per heavy atom. The molecule has 0 amide bonds. The van der Waals surface area contributed by atoms with Gasteiger partial charge in [-0.25, -0.2) is 18.3 Å². The van der Waals surface area contributed by atoms with E-state index in [-0.39, 0.29) is 5.69 Å². The minimum Gasteiger partial charge on any atom is -0.476 e. The highest BCUT2D eigenvalue weighted by Crippen LogP contribution is 2.33. The number of hydrogen-bond donors (Lipinski definition) is 1. The number of halogens is 2. The summed E-state index contributed by atoms with van der Waals surface area (Å²) in [7, 11) is 0. The number of alkyl halides is 2. The van der Waals surface area contributed by atoms with E-state index in [9.17, 15) is 13.6 Å². The minimum atomic E-state index is -2.55. The molecule has 0 spiro atoms. The van der Waals surface area contributed by atoms with Crippen LogP contribution in [0.25, 0.3) is 0 Å². The molecule has 1 saturated carbocycles. The fraction of sp³-hybridized carbons (Fsp3) is 0.667. The molecule has 1 aliphatic rings. The van der Waals surface area contributed by atoms with E-state index in [4.69, 9.17) is 5.11 Å². The molecule has 88 valence electrons. The molecule has 1 fully saturated rings. The fourth-order valence-corrected chi connectivity index (χ4v) is 1.57. The van der Waals surface area contributed by atoms with Crippen LogP contribution in [0, 0.1) is 5.92 Å². The summed E-state index contributed by atoms with van der Waals surface area (Å²) in [4.78, 5) is 10.8. The maximum Gasteiger partial charge on any atom is 0.358 e. The summed E-state index contributed by atoms with van der Waals surface area (Å²) >= 11 is 0. The maximum absolute atomic E-state index is 12.2. The fourth-order valence-electron chi connectivity index (χ4n) is 1.57. The molecule has 7 heteroatoms. The monoisotopic (exact) mass is 231 g/mol. The Balaban J connectivity index is 2.24. The molecule has 2 rings (SSSR count). The van der Waals surface area contributed by atoms with Crippen LogP contribution in [0.3, 0.4) is 0 Å².